The summed E-state index contributed by atoms with van der Waals surface area (Å²) in [6.45, 7) is 8.25. The van der Waals surface area contributed by atoms with E-state index in [1.807, 2.05) is 25.6 Å². The first-order chi connectivity index (χ1) is 13.8. The Morgan fingerprint density at radius 3 is 2.83 bits per heavy atom. The molecule has 3 rings (SSSR count). The van der Waals surface area contributed by atoms with Crippen LogP contribution in [0.3, 0.4) is 0 Å². The molecule has 1 aliphatic heterocycles. The first kappa shape index (κ1) is 21.3. The van der Waals surface area contributed by atoms with E-state index in [1.54, 1.807) is 6.07 Å². The Hall–Kier alpha value is -2.45. The Morgan fingerprint density at radius 1 is 1.41 bits per heavy atom. The maximum atomic E-state index is 12.8. The number of hydrogen-bond acceptors (Lipinski definition) is 6. The fraction of sp³-hybridized carbons (Fsp3) is 0.571. The minimum Gasteiger partial charge on any atom is -0.477 e. The van der Waals surface area contributed by atoms with E-state index >= 15 is 0 Å². The third-order valence-electron chi connectivity index (χ3n) is 5.63. The van der Waals surface area contributed by atoms with Crippen molar-refractivity contribution in [2.75, 3.05) is 45.6 Å². The van der Waals surface area contributed by atoms with E-state index < -0.39 is 11.4 Å². The van der Waals surface area contributed by atoms with Crippen LogP contribution in [0.4, 0.5) is 5.82 Å². The molecular formula is C21H31N5O3. The molecule has 0 amide bonds. The maximum absolute atomic E-state index is 12.8. The Labute approximate surface area is 171 Å². The molecule has 2 aromatic rings. The number of carboxylic acids is 1. The summed E-state index contributed by atoms with van der Waals surface area (Å²) in [6, 6.07) is 2.08. The van der Waals surface area contributed by atoms with Gasteiger partial charge in [-0.2, -0.15) is 0 Å². The third kappa shape index (κ3) is 4.59. The van der Waals surface area contributed by atoms with Crippen molar-refractivity contribution in [1.82, 2.24) is 19.4 Å². The van der Waals surface area contributed by atoms with Crippen LogP contribution in [-0.4, -0.2) is 76.7 Å². The van der Waals surface area contributed by atoms with Crippen molar-refractivity contribution >= 4 is 22.8 Å². The molecule has 3 heterocycles. The van der Waals surface area contributed by atoms with E-state index in [1.165, 1.54) is 6.20 Å². The van der Waals surface area contributed by atoms with Gasteiger partial charge >= 0.3 is 5.97 Å². The molecular weight excluding hydrogens is 370 g/mol. The van der Waals surface area contributed by atoms with Crippen LogP contribution < -0.4 is 10.7 Å². The number of pyridine rings is 2. The lowest BCUT2D eigenvalue weighted by atomic mass is 10.1. The van der Waals surface area contributed by atoms with Crippen molar-refractivity contribution in [3.63, 3.8) is 0 Å². The van der Waals surface area contributed by atoms with Crippen molar-refractivity contribution in [1.29, 1.82) is 0 Å². The number of rotatable bonds is 8. The highest BCUT2D eigenvalue weighted by Crippen LogP contribution is 2.22. The number of fused-ring (bicyclic) bond motifs is 1. The number of nitrogens with zero attached hydrogens (tertiary/aromatic N) is 4. The van der Waals surface area contributed by atoms with E-state index in [-0.39, 0.29) is 5.56 Å². The number of carboxylic acid groups (broad SMARTS) is 1. The van der Waals surface area contributed by atoms with Crippen molar-refractivity contribution in [2.24, 2.45) is 0 Å². The van der Waals surface area contributed by atoms with Gasteiger partial charge in [0, 0.05) is 31.9 Å². The Kier molecular flexibility index (Phi) is 6.54. The van der Waals surface area contributed by atoms with Gasteiger partial charge in [-0.25, -0.2) is 9.78 Å². The third-order valence-corrected chi connectivity index (χ3v) is 5.63. The van der Waals surface area contributed by atoms with Gasteiger partial charge in [-0.15, -0.1) is 0 Å². The molecule has 8 nitrogen and oxygen atoms in total. The van der Waals surface area contributed by atoms with E-state index in [2.05, 4.69) is 22.0 Å². The molecule has 0 saturated carbocycles. The maximum Gasteiger partial charge on any atom is 0.341 e. The lowest BCUT2D eigenvalue weighted by Gasteiger charge is -2.25. The fourth-order valence-electron chi connectivity index (χ4n) is 4.02. The van der Waals surface area contributed by atoms with Crippen LogP contribution >= 0.6 is 0 Å². The van der Waals surface area contributed by atoms with Crippen molar-refractivity contribution in [3.8, 4) is 0 Å². The zero-order valence-electron chi connectivity index (χ0n) is 17.7. The minimum absolute atomic E-state index is 0.201. The van der Waals surface area contributed by atoms with Gasteiger partial charge in [-0.1, -0.05) is 6.92 Å². The van der Waals surface area contributed by atoms with Crippen LogP contribution in [0.25, 0.3) is 11.0 Å². The summed E-state index contributed by atoms with van der Waals surface area (Å²) in [6.07, 6.45) is 3.65. The molecule has 158 valence electrons. The predicted octanol–water partition coefficient (Wildman–Crippen LogP) is 1.86. The Bertz CT molecular complexity index is 953. The first-order valence-electron chi connectivity index (χ1n) is 10.2. The molecule has 1 atom stereocenters. The van der Waals surface area contributed by atoms with E-state index in [9.17, 15) is 14.7 Å². The normalized spacial score (nSPS) is 17.3. The van der Waals surface area contributed by atoms with Crippen LogP contribution in [-0.2, 0) is 6.54 Å². The molecule has 0 spiro atoms. The Morgan fingerprint density at radius 2 is 2.17 bits per heavy atom. The molecule has 29 heavy (non-hydrogen) atoms. The molecule has 2 N–H and O–H groups in total. The van der Waals surface area contributed by atoms with Crippen LogP contribution in [0.5, 0.6) is 0 Å². The van der Waals surface area contributed by atoms with Gasteiger partial charge in [0.1, 0.15) is 17.0 Å². The summed E-state index contributed by atoms with van der Waals surface area (Å²) in [4.78, 5) is 33.7. The summed E-state index contributed by atoms with van der Waals surface area (Å²) in [7, 11) is 4.02. The number of nitrogens with one attached hydrogen (secondary N) is 1. The number of carbonyl (C=O) groups is 1. The molecule has 0 radical (unpaired) electrons. The summed E-state index contributed by atoms with van der Waals surface area (Å²) < 4.78 is 1.86. The second kappa shape index (κ2) is 8.92. The van der Waals surface area contributed by atoms with Crippen LogP contribution in [0.15, 0.2) is 17.1 Å². The summed E-state index contributed by atoms with van der Waals surface area (Å²) in [5.74, 6) is -0.468. The number of aromatic carboxylic acids is 1. The average Bonchev–Trinajstić information content (AvgIpc) is 3.11. The monoisotopic (exact) mass is 401 g/mol. The molecule has 1 unspecified atom stereocenters. The van der Waals surface area contributed by atoms with E-state index in [0.717, 1.165) is 50.4 Å². The second-order valence-corrected chi connectivity index (χ2v) is 8.01. The lowest BCUT2D eigenvalue weighted by molar-refractivity contribution is 0.0694. The molecule has 0 aromatic carbocycles. The van der Waals surface area contributed by atoms with Crippen molar-refractivity contribution in [2.45, 2.75) is 39.3 Å². The summed E-state index contributed by atoms with van der Waals surface area (Å²) in [5, 5.41) is 13.2. The molecule has 8 heteroatoms. The smallest absolute Gasteiger partial charge is 0.341 e. The van der Waals surface area contributed by atoms with Gasteiger partial charge < -0.3 is 19.9 Å². The predicted molar refractivity (Wildman–Crippen MR) is 115 cm³/mol. The topological polar surface area (TPSA) is 90.7 Å². The van der Waals surface area contributed by atoms with Crippen LogP contribution in [0, 0.1) is 6.92 Å². The zero-order valence-corrected chi connectivity index (χ0v) is 17.7. The number of likely N-dealkylation sites (tertiary alicyclic amines) is 1. The highest BCUT2D eigenvalue weighted by molar-refractivity contribution is 5.92. The highest BCUT2D eigenvalue weighted by Gasteiger charge is 2.25. The van der Waals surface area contributed by atoms with Crippen LogP contribution in [0.1, 0.15) is 35.7 Å². The highest BCUT2D eigenvalue weighted by atomic mass is 16.4. The van der Waals surface area contributed by atoms with Gasteiger partial charge in [0.15, 0.2) is 0 Å². The number of likely N-dealkylation sites (N-methyl/N-ethyl adjacent to an activating group) is 2. The number of aryl methyl sites for hydroxylation is 1. The standard InChI is InChI=1S/C21H31N5O3/c1-5-25-9-6-7-15(25)12-26-13-17(21(28)29)18(27)16-11-14(2)19(23-20(16)26)22-8-10-24(3)4/h11,13,15H,5-10,12H2,1-4H3,(H,22,23)(H,28,29). The van der Waals surface area contributed by atoms with Crippen LogP contribution in [0.2, 0.25) is 0 Å². The second-order valence-electron chi connectivity index (χ2n) is 8.01. The first-order valence-corrected chi connectivity index (χ1v) is 10.2. The van der Waals surface area contributed by atoms with Crippen molar-refractivity contribution < 1.29 is 9.90 Å². The van der Waals surface area contributed by atoms with Gasteiger partial charge in [-0.3, -0.25) is 9.69 Å². The molecule has 1 aliphatic rings. The number of aromatic nitrogens is 2. The molecule has 1 fully saturated rings. The fourth-order valence-corrected chi connectivity index (χ4v) is 4.02. The van der Waals surface area contributed by atoms with Gasteiger partial charge in [0.05, 0.1) is 5.39 Å². The van der Waals surface area contributed by atoms with Crippen molar-refractivity contribution in [3.05, 3.63) is 33.6 Å². The zero-order chi connectivity index (χ0) is 21.1. The summed E-state index contributed by atoms with van der Waals surface area (Å²) in [5.41, 5.74) is 0.699. The minimum atomic E-state index is -1.20. The van der Waals surface area contributed by atoms with Gasteiger partial charge in [0.25, 0.3) is 0 Å². The number of anilines is 1. The van der Waals surface area contributed by atoms with E-state index in [4.69, 9.17) is 4.98 Å². The quantitative estimate of drug-likeness (QED) is 0.698. The SMILES string of the molecule is CCN1CCCC1Cn1cc(C(=O)O)c(=O)c2cc(C)c(NCCN(C)C)nc21. The largest absolute Gasteiger partial charge is 0.477 e. The average molecular weight is 402 g/mol. The van der Waals surface area contributed by atoms with Gasteiger partial charge in [-0.05, 0) is 58.6 Å². The molecule has 2 aromatic heterocycles. The molecule has 0 aliphatic carbocycles. The number of hydrogen-bond donors (Lipinski definition) is 2. The Balaban J connectivity index is 2.07. The molecule has 1 saturated heterocycles. The lowest BCUT2D eigenvalue weighted by Crippen LogP contribution is -2.33. The van der Waals surface area contributed by atoms with Gasteiger partial charge in [0.2, 0.25) is 5.43 Å². The molecule has 0 bridgehead atoms. The summed E-state index contributed by atoms with van der Waals surface area (Å²) >= 11 is 0. The van der Waals surface area contributed by atoms with E-state index in [0.29, 0.717) is 23.6 Å².